The number of amides is 4. The molecule has 6 N–H and O–H groups in total. The van der Waals surface area contributed by atoms with E-state index in [2.05, 4.69) is 47.4 Å². The highest BCUT2D eigenvalue weighted by Gasteiger charge is 2.22. The molecule has 0 fully saturated rings. The zero-order chi connectivity index (χ0) is 30.0. The van der Waals surface area contributed by atoms with E-state index < -0.39 is 12.2 Å². The van der Waals surface area contributed by atoms with Crippen LogP contribution >= 0.6 is 0 Å². The topological polar surface area (TPSA) is 161 Å². The first kappa shape index (κ1) is 33.6. The molecule has 0 aromatic heterocycles. The fourth-order valence-electron chi connectivity index (χ4n) is 4.16. The molecule has 0 spiro atoms. The molecular formula is C29H46N6O6. The zero-order valence-corrected chi connectivity index (χ0v) is 24.4. The Labute approximate surface area is 242 Å². The van der Waals surface area contributed by atoms with Crippen molar-refractivity contribution in [1.82, 2.24) is 26.2 Å². The van der Waals surface area contributed by atoms with Gasteiger partial charge in [0.15, 0.2) is 0 Å². The molecule has 228 valence electrons. The van der Waals surface area contributed by atoms with E-state index >= 15 is 0 Å². The van der Waals surface area contributed by atoms with E-state index in [0.29, 0.717) is 18.5 Å². The maximum atomic E-state index is 11.7. The molecule has 2 rings (SSSR count). The number of nitrogens with zero attached hydrogens (tertiary/aromatic N) is 1. The summed E-state index contributed by atoms with van der Waals surface area (Å²) < 4.78 is 5.14. The van der Waals surface area contributed by atoms with Gasteiger partial charge in [-0.2, -0.15) is 0 Å². The lowest BCUT2D eigenvalue weighted by atomic mass is 10.0. The van der Waals surface area contributed by atoms with Gasteiger partial charge in [0.05, 0.1) is 0 Å². The molecule has 1 aliphatic rings. The van der Waals surface area contributed by atoms with Crippen LogP contribution in [0.1, 0.15) is 52.0 Å². The molecule has 1 heterocycles. The highest BCUT2D eigenvalue weighted by Crippen LogP contribution is 2.11. The third-order valence-electron chi connectivity index (χ3n) is 6.71. The second kappa shape index (κ2) is 18.7. The maximum absolute atomic E-state index is 11.7. The first-order valence-corrected chi connectivity index (χ1v) is 14.4. The molecule has 0 saturated carbocycles. The summed E-state index contributed by atoms with van der Waals surface area (Å²) in [6, 6.07) is 8.27. The number of alkyl carbamates (subject to hydrolysis) is 1. The minimum Gasteiger partial charge on any atom is -0.465 e. The lowest BCUT2D eigenvalue weighted by Crippen LogP contribution is -2.46. The van der Waals surface area contributed by atoms with E-state index in [1.165, 1.54) is 17.1 Å². The van der Waals surface area contributed by atoms with Crippen LogP contribution in [0.3, 0.4) is 0 Å². The molecule has 0 radical (unpaired) electrons. The number of ether oxygens (including phenoxy) is 1. The number of benzene rings is 1. The molecule has 1 aromatic carbocycles. The van der Waals surface area contributed by atoms with Crippen molar-refractivity contribution in [2.24, 2.45) is 5.92 Å². The monoisotopic (exact) mass is 574 g/mol. The van der Waals surface area contributed by atoms with E-state index in [4.69, 9.17) is 9.84 Å². The fourth-order valence-corrected chi connectivity index (χ4v) is 4.16. The Hall–Kier alpha value is -3.64. The third kappa shape index (κ3) is 14.0. The zero-order valence-electron chi connectivity index (χ0n) is 24.4. The van der Waals surface area contributed by atoms with Gasteiger partial charge < -0.3 is 36.4 Å². The van der Waals surface area contributed by atoms with Crippen molar-refractivity contribution in [3.05, 3.63) is 42.0 Å². The van der Waals surface area contributed by atoms with E-state index in [9.17, 15) is 19.2 Å². The Morgan fingerprint density at radius 1 is 0.854 bits per heavy atom. The number of rotatable bonds is 20. The molecule has 0 unspecified atom stereocenters. The summed E-state index contributed by atoms with van der Waals surface area (Å²) in [6.45, 7) is 10.0. The van der Waals surface area contributed by atoms with Crippen molar-refractivity contribution < 1.29 is 29.0 Å². The summed E-state index contributed by atoms with van der Waals surface area (Å²) in [7, 11) is 0. The Morgan fingerprint density at radius 3 is 2.17 bits per heavy atom. The molecule has 0 bridgehead atoms. The quantitative estimate of drug-likeness (QED) is 0.102. The Bertz CT molecular complexity index is 982. The summed E-state index contributed by atoms with van der Waals surface area (Å²) in [5.41, 5.74) is 1.82. The number of hydrogen-bond acceptors (Lipinski definition) is 8. The summed E-state index contributed by atoms with van der Waals surface area (Å²) in [4.78, 5) is 46.5. The van der Waals surface area contributed by atoms with Gasteiger partial charge in [0.1, 0.15) is 6.61 Å². The largest absolute Gasteiger partial charge is 0.465 e. The van der Waals surface area contributed by atoms with Gasteiger partial charge in [-0.1, -0.05) is 38.8 Å². The van der Waals surface area contributed by atoms with Crippen LogP contribution < -0.4 is 26.6 Å². The summed E-state index contributed by atoms with van der Waals surface area (Å²) in [5.74, 6) is 0.0746. The predicted molar refractivity (Wildman–Crippen MR) is 158 cm³/mol. The van der Waals surface area contributed by atoms with Crippen molar-refractivity contribution in [1.29, 1.82) is 0 Å². The van der Waals surface area contributed by atoms with Gasteiger partial charge >= 0.3 is 12.2 Å². The summed E-state index contributed by atoms with van der Waals surface area (Å²) in [6.07, 6.45) is 4.86. The smallest absolute Gasteiger partial charge is 0.407 e. The number of nitrogens with one attached hydrogen (secondary N) is 5. The average Bonchev–Trinajstić information content (AvgIpc) is 3.26. The van der Waals surface area contributed by atoms with Crippen LogP contribution in [0, 0.1) is 5.92 Å². The van der Waals surface area contributed by atoms with Crippen LogP contribution in [0.2, 0.25) is 0 Å². The number of unbranched alkanes of at least 4 members (excludes halogenated alkanes) is 3. The van der Waals surface area contributed by atoms with Crippen LogP contribution in [-0.4, -0.2) is 85.4 Å². The minimum atomic E-state index is -1.14. The van der Waals surface area contributed by atoms with Gasteiger partial charge in [0.25, 0.3) is 11.8 Å². The summed E-state index contributed by atoms with van der Waals surface area (Å²) in [5, 5.41) is 23.8. The van der Waals surface area contributed by atoms with Gasteiger partial charge in [-0.15, -0.1) is 0 Å². The van der Waals surface area contributed by atoms with Gasteiger partial charge in [-0.25, -0.2) is 9.59 Å². The maximum Gasteiger partial charge on any atom is 0.407 e. The van der Waals surface area contributed by atoms with E-state index in [0.717, 1.165) is 56.6 Å². The number of anilines is 1. The normalized spacial score (nSPS) is 14.3. The third-order valence-corrected chi connectivity index (χ3v) is 6.71. The van der Waals surface area contributed by atoms with Crippen molar-refractivity contribution in [3.8, 4) is 0 Å². The standard InChI is InChI=1S/C29H46N6O6/c1-21(2)25(30-14-6-4-5-7-17-35-26(36)12-13-27(35)37)19-33-22(3)18-34-24-10-8-23(9-11-24)20-41-29(40)32-16-15-31-28(38)39/h8-13,21-22,25,30-31,33-34H,4-7,14-20H2,1-3H3,(H,32,40)(H,38,39)/t22-,25+/m0/s1. The van der Waals surface area contributed by atoms with Gasteiger partial charge in [-0.3, -0.25) is 14.5 Å². The van der Waals surface area contributed by atoms with Crippen molar-refractivity contribution in [2.75, 3.05) is 44.6 Å². The predicted octanol–water partition coefficient (Wildman–Crippen LogP) is 2.67. The lowest BCUT2D eigenvalue weighted by Gasteiger charge is -2.25. The molecule has 41 heavy (non-hydrogen) atoms. The second-order valence-electron chi connectivity index (χ2n) is 10.5. The van der Waals surface area contributed by atoms with E-state index in [1.54, 1.807) is 0 Å². The molecule has 4 amide bonds. The molecule has 0 aliphatic carbocycles. The summed E-state index contributed by atoms with van der Waals surface area (Å²) >= 11 is 0. The molecule has 0 saturated heterocycles. The molecule has 1 aliphatic heterocycles. The average molecular weight is 575 g/mol. The van der Waals surface area contributed by atoms with E-state index in [1.807, 2.05) is 24.3 Å². The van der Waals surface area contributed by atoms with Gasteiger partial charge in [0.2, 0.25) is 0 Å². The number of carbonyl (C=O) groups is 4. The minimum absolute atomic E-state index is 0.113. The Balaban J connectivity index is 1.55. The molecule has 1 aromatic rings. The molecule has 12 nitrogen and oxygen atoms in total. The van der Waals surface area contributed by atoms with Crippen LogP contribution in [0.25, 0.3) is 0 Å². The number of carbonyl (C=O) groups excluding carboxylic acids is 3. The van der Waals surface area contributed by atoms with Crippen molar-refractivity contribution >= 4 is 29.7 Å². The SMILES string of the molecule is CC(C)[C@@H](CN[C@@H](C)CNc1ccc(COC(=O)NCCNC(=O)O)cc1)NCCCCCCN1C(=O)C=CC1=O. The highest BCUT2D eigenvalue weighted by atomic mass is 16.5. The molecular weight excluding hydrogens is 528 g/mol. The Kier molecular flexibility index (Phi) is 15.3. The molecule has 2 atom stereocenters. The fraction of sp³-hybridized carbons (Fsp3) is 0.586. The number of imide groups is 1. The van der Waals surface area contributed by atoms with Crippen LogP contribution in [0.5, 0.6) is 0 Å². The number of hydrogen-bond donors (Lipinski definition) is 6. The highest BCUT2D eigenvalue weighted by molar-refractivity contribution is 6.12. The van der Waals surface area contributed by atoms with Gasteiger partial charge in [0, 0.05) is 62.6 Å². The first-order valence-electron chi connectivity index (χ1n) is 14.4. The van der Waals surface area contributed by atoms with Crippen LogP contribution in [0.15, 0.2) is 36.4 Å². The van der Waals surface area contributed by atoms with E-state index in [-0.39, 0.29) is 37.6 Å². The second-order valence-corrected chi connectivity index (χ2v) is 10.5. The Morgan fingerprint density at radius 2 is 1.51 bits per heavy atom. The van der Waals surface area contributed by atoms with Crippen molar-refractivity contribution in [3.63, 3.8) is 0 Å². The number of carboxylic acid groups (broad SMARTS) is 1. The first-order chi connectivity index (χ1) is 19.7. The van der Waals surface area contributed by atoms with Crippen molar-refractivity contribution in [2.45, 2.75) is 65.1 Å². The van der Waals surface area contributed by atoms with Crippen LogP contribution in [-0.2, 0) is 20.9 Å². The van der Waals surface area contributed by atoms with Crippen LogP contribution in [0.4, 0.5) is 15.3 Å². The molecule has 12 heteroatoms. The van der Waals surface area contributed by atoms with Gasteiger partial charge in [-0.05, 0) is 49.9 Å². The lowest BCUT2D eigenvalue weighted by molar-refractivity contribution is -0.136.